The molecule has 0 bridgehead atoms. The number of pyridine rings is 2. The third-order valence-corrected chi connectivity index (χ3v) is 12.1. The molecule has 19 heteroatoms. The van der Waals surface area contributed by atoms with Crippen LogP contribution >= 0.6 is 0 Å². The van der Waals surface area contributed by atoms with Gasteiger partial charge >= 0.3 is 5.97 Å². The lowest BCUT2D eigenvalue weighted by Gasteiger charge is -2.28. The number of para-hydroxylation sites is 1. The Kier molecular flexibility index (Phi) is 21.4. The Morgan fingerprint density at radius 1 is 0.887 bits per heavy atom. The van der Waals surface area contributed by atoms with Gasteiger partial charge < -0.3 is 45.5 Å². The number of hydrogen-bond acceptors (Lipinski definition) is 14. The average Bonchev–Trinajstić information content (AvgIpc) is 3.71. The second-order valence-corrected chi connectivity index (χ2v) is 17.8. The maximum Gasteiger partial charge on any atom is 0.305 e. The Morgan fingerprint density at radius 3 is 2.41 bits per heavy atom. The quantitative estimate of drug-likeness (QED) is 0.0351. The number of fused-ring (bicyclic) bond motifs is 2. The molecule has 2 aliphatic rings. The molecule has 2 atom stereocenters. The maximum absolute atomic E-state index is 13.9. The molecule has 2 aliphatic heterocycles. The number of nitrogens with zero attached hydrogens (tertiary/aromatic N) is 4. The molecule has 5 N–H and O–H groups in total. The van der Waals surface area contributed by atoms with E-state index in [4.69, 9.17) is 19.2 Å². The summed E-state index contributed by atoms with van der Waals surface area (Å²) in [4.78, 5) is 99.5. The minimum absolute atomic E-state index is 0.0505. The molecule has 0 aliphatic carbocycles. The van der Waals surface area contributed by atoms with Crippen molar-refractivity contribution in [3.05, 3.63) is 95.3 Å². The Labute approximate surface area is 413 Å². The van der Waals surface area contributed by atoms with Gasteiger partial charge in [0, 0.05) is 69.3 Å². The minimum Gasteiger partial charge on any atom is -0.481 e. The number of carbonyl (C=O) groups is 7. The van der Waals surface area contributed by atoms with Crippen molar-refractivity contribution in [1.29, 1.82) is 0 Å². The molecule has 1 fully saturated rings. The van der Waals surface area contributed by atoms with Crippen LogP contribution in [-0.2, 0) is 67.2 Å². The highest BCUT2D eigenvalue weighted by molar-refractivity contribution is 5.98. The van der Waals surface area contributed by atoms with E-state index in [1.807, 2.05) is 53.4 Å². The van der Waals surface area contributed by atoms with Crippen LogP contribution in [0.15, 0.2) is 72.9 Å². The van der Waals surface area contributed by atoms with Gasteiger partial charge in [-0.15, -0.1) is 0 Å². The first-order valence-electron chi connectivity index (χ1n) is 24.4. The number of aliphatic carboxylic acids is 1. The molecule has 1 unspecified atom stereocenters. The molecule has 1 saturated heterocycles. The molecule has 6 rings (SSSR count). The van der Waals surface area contributed by atoms with Crippen LogP contribution in [0.1, 0.15) is 86.7 Å². The minimum atomic E-state index is -1.08. The number of rotatable bonds is 31. The van der Waals surface area contributed by atoms with E-state index in [1.165, 1.54) is 11.8 Å². The van der Waals surface area contributed by atoms with Gasteiger partial charge in [0.05, 0.1) is 82.3 Å². The zero-order chi connectivity index (χ0) is 50.4. The highest BCUT2D eigenvalue weighted by Crippen LogP contribution is 2.25. The highest BCUT2D eigenvalue weighted by Gasteiger charge is 2.37. The molecule has 380 valence electrons. The molecule has 2 aromatic carbocycles. The van der Waals surface area contributed by atoms with Gasteiger partial charge in [-0.05, 0) is 86.1 Å². The van der Waals surface area contributed by atoms with Crippen molar-refractivity contribution in [2.75, 3.05) is 83.0 Å². The first kappa shape index (κ1) is 53.7. The lowest BCUT2D eigenvalue weighted by atomic mass is 10.0. The number of Topliss-reactive ketones (excluding diaryl/α,β-unsaturated/α-hetero) is 2. The van der Waals surface area contributed by atoms with Gasteiger partial charge in [0.25, 0.3) is 0 Å². The van der Waals surface area contributed by atoms with Crippen LogP contribution < -0.4 is 21.3 Å². The number of ketones is 2. The zero-order valence-electron chi connectivity index (χ0n) is 40.5. The van der Waals surface area contributed by atoms with Gasteiger partial charge in [0.15, 0.2) is 0 Å². The number of anilines is 2. The molecule has 2 aromatic heterocycles. The van der Waals surface area contributed by atoms with Crippen LogP contribution in [0.2, 0.25) is 0 Å². The van der Waals surface area contributed by atoms with E-state index < -0.39 is 24.0 Å². The summed E-state index contributed by atoms with van der Waals surface area (Å²) in [6.45, 7) is 5.43. The van der Waals surface area contributed by atoms with Crippen LogP contribution in [0, 0.1) is 0 Å². The molecule has 4 heterocycles. The molecule has 4 amide bonds. The van der Waals surface area contributed by atoms with Gasteiger partial charge in [0.1, 0.15) is 17.4 Å². The van der Waals surface area contributed by atoms with E-state index in [-0.39, 0.29) is 61.5 Å². The Morgan fingerprint density at radius 2 is 1.63 bits per heavy atom. The molecule has 0 radical (unpaired) electrons. The largest absolute Gasteiger partial charge is 0.481 e. The number of aromatic nitrogens is 2. The Bertz CT molecular complexity index is 2450. The molecular weight excluding hydrogens is 913 g/mol. The van der Waals surface area contributed by atoms with Crippen molar-refractivity contribution in [3.8, 4) is 0 Å². The number of likely N-dealkylation sites (tertiary alicyclic amines) is 1. The Hall–Kier alpha value is -6.67. The van der Waals surface area contributed by atoms with Gasteiger partial charge in [-0.2, -0.15) is 0 Å². The summed E-state index contributed by atoms with van der Waals surface area (Å²) in [5.74, 6) is -1.49. The van der Waals surface area contributed by atoms with E-state index in [2.05, 4.69) is 32.3 Å². The summed E-state index contributed by atoms with van der Waals surface area (Å²) in [7, 11) is 0. The number of carbonyl (C=O) groups excluding carboxylic acids is 6. The molecule has 4 aromatic rings. The number of carboxylic acid groups (broad SMARTS) is 1. The van der Waals surface area contributed by atoms with Gasteiger partial charge in [-0.25, -0.2) is 4.98 Å². The maximum atomic E-state index is 13.9. The van der Waals surface area contributed by atoms with Crippen LogP contribution in [0.3, 0.4) is 0 Å². The molecular formula is C52H66N8O11. The van der Waals surface area contributed by atoms with Crippen LogP contribution in [-0.4, -0.2) is 144 Å². The summed E-state index contributed by atoms with van der Waals surface area (Å²) in [6, 6.07) is 19.2. The van der Waals surface area contributed by atoms with Crippen LogP contribution in [0.5, 0.6) is 0 Å². The number of ether oxygens (including phenoxy) is 3. The van der Waals surface area contributed by atoms with E-state index >= 15 is 0 Å². The lowest BCUT2D eigenvalue weighted by Crippen LogP contribution is -2.46. The van der Waals surface area contributed by atoms with Gasteiger partial charge in [-0.1, -0.05) is 36.4 Å². The predicted octanol–water partition coefficient (Wildman–Crippen LogP) is 4.18. The third kappa shape index (κ3) is 18.2. The van der Waals surface area contributed by atoms with Crippen LogP contribution in [0.4, 0.5) is 11.5 Å². The van der Waals surface area contributed by atoms with Gasteiger partial charge in [-0.3, -0.25) is 43.4 Å². The molecule has 71 heavy (non-hydrogen) atoms. The molecule has 0 saturated carbocycles. The van der Waals surface area contributed by atoms with E-state index in [0.29, 0.717) is 103 Å². The predicted molar refractivity (Wildman–Crippen MR) is 264 cm³/mol. The first-order chi connectivity index (χ1) is 34.4. The fraction of sp³-hybridized carbons (Fsp3) is 0.481. The van der Waals surface area contributed by atoms with Gasteiger partial charge in [0.2, 0.25) is 23.6 Å². The third-order valence-electron chi connectivity index (χ3n) is 12.1. The standard InChI is InChI=1S/C52H66N8O11/c1-36(61)30-43(62)18-13-37-11-15-41(16-12-37)56-48(64)10-4-9-47(63)53-21-24-69-26-28-71-29-27-70-25-23-59(34-42-17-14-38-7-5-20-54-51(38)57-42)46-19-22-60(52(46)68)35-49(65)58-45(32-50(66)67)40-31-39-6-2-3-8-44(39)55-33-40/h2-3,6,8,11-12,14-17,31,33,45-46H,4-5,7,9-10,13,18-30,32,34-35H2,1H3,(H,53,63)(H,54,57)(H,56,64)(H,58,65)(H,66,67)/t45?,46-/m0/s1. The summed E-state index contributed by atoms with van der Waals surface area (Å²) in [5.41, 5.74) is 4.84. The van der Waals surface area contributed by atoms with E-state index in [0.717, 1.165) is 52.9 Å². The first-order valence-corrected chi connectivity index (χ1v) is 24.4. The fourth-order valence-electron chi connectivity index (χ4n) is 8.46. The normalized spacial score (nSPS) is 14.7. The van der Waals surface area contributed by atoms with Crippen molar-refractivity contribution in [3.63, 3.8) is 0 Å². The smallest absolute Gasteiger partial charge is 0.305 e. The second kappa shape index (κ2) is 28.2. The topological polar surface area (TPSA) is 248 Å². The number of nitrogens with one attached hydrogen (secondary N) is 4. The van der Waals surface area contributed by atoms with Crippen LogP contribution in [0.25, 0.3) is 10.9 Å². The number of amides is 4. The lowest BCUT2D eigenvalue weighted by molar-refractivity contribution is -0.139. The highest BCUT2D eigenvalue weighted by atomic mass is 16.5. The summed E-state index contributed by atoms with van der Waals surface area (Å²) >= 11 is 0. The van der Waals surface area contributed by atoms with E-state index in [9.17, 15) is 38.7 Å². The Balaban J connectivity index is 0.850. The van der Waals surface area contributed by atoms with Crippen molar-refractivity contribution >= 4 is 63.6 Å². The molecule has 19 nitrogen and oxygen atoms in total. The number of benzene rings is 2. The van der Waals surface area contributed by atoms with Crippen molar-refractivity contribution in [1.82, 2.24) is 30.4 Å². The SMILES string of the molecule is CC(=O)CC(=O)CCc1ccc(NC(=O)CCCC(=O)NCCOCCOCCOCCN(Cc2ccc3c(n2)NCCC3)[C@H]2CCN(CC(=O)NC(CC(=O)O)c3cnc4ccccc4c3)C2=O)cc1. The number of carboxylic acids is 1. The molecule has 0 spiro atoms. The van der Waals surface area contributed by atoms with E-state index in [1.54, 1.807) is 18.3 Å². The monoisotopic (exact) mass is 978 g/mol. The number of hydrogen-bond donors (Lipinski definition) is 5. The fourth-order valence-corrected chi connectivity index (χ4v) is 8.46. The summed E-state index contributed by atoms with van der Waals surface area (Å²) < 4.78 is 17.2. The summed E-state index contributed by atoms with van der Waals surface area (Å²) in [6.07, 6.45) is 5.24. The number of aryl methyl sites for hydroxylation is 2. The van der Waals surface area contributed by atoms with Crippen molar-refractivity contribution < 1.29 is 52.9 Å². The second-order valence-electron chi connectivity index (χ2n) is 17.8. The average molecular weight is 979 g/mol. The van der Waals surface area contributed by atoms with Crippen molar-refractivity contribution in [2.24, 2.45) is 0 Å². The van der Waals surface area contributed by atoms with Crippen molar-refractivity contribution in [2.45, 2.75) is 89.8 Å². The summed E-state index contributed by atoms with van der Waals surface area (Å²) in [5, 5.41) is 22.3. The zero-order valence-corrected chi connectivity index (χ0v) is 40.5.